The lowest BCUT2D eigenvalue weighted by molar-refractivity contribution is 0.316. The van der Waals surface area contributed by atoms with Crippen molar-refractivity contribution in [2.45, 2.75) is 33.1 Å². The second-order valence-corrected chi connectivity index (χ2v) is 10.1. The summed E-state index contributed by atoms with van der Waals surface area (Å²) in [6.07, 6.45) is 5.36. The molecule has 4 aromatic rings. The molecule has 0 saturated carbocycles. The maximum absolute atomic E-state index is 6.14. The first kappa shape index (κ1) is 26.9. The molecular formula is C29H36ClN9. The third kappa shape index (κ3) is 7.04. The molecule has 0 atom stereocenters. The summed E-state index contributed by atoms with van der Waals surface area (Å²) < 4.78 is 0. The summed E-state index contributed by atoms with van der Waals surface area (Å²) in [4.78, 5) is 23.3. The summed E-state index contributed by atoms with van der Waals surface area (Å²) in [5.41, 5.74) is 3.69. The lowest BCUT2D eigenvalue weighted by Gasteiger charge is -2.27. The zero-order chi connectivity index (χ0) is 27.0. The summed E-state index contributed by atoms with van der Waals surface area (Å²) in [5, 5.41) is 12.0. The van der Waals surface area contributed by atoms with Gasteiger partial charge in [0.25, 0.3) is 0 Å². The Morgan fingerprint density at radius 1 is 0.846 bits per heavy atom. The number of halogens is 1. The fourth-order valence-corrected chi connectivity index (χ4v) is 4.92. The molecule has 5 rings (SSSR count). The van der Waals surface area contributed by atoms with Crippen LogP contribution in [-0.4, -0.2) is 64.1 Å². The monoisotopic (exact) mass is 545 g/mol. The highest BCUT2D eigenvalue weighted by atomic mass is 35.5. The molecule has 1 saturated heterocycles. The number of anilines is 6. The molecule has 204 valence electrons. The van der Waals surface area contributed by atoms with E-state index in [-0.39, 0.29) is 0 Å². The number of benzene rings is 2. The van der Waals surface area contributed by atoms with Crippen molar-refractivity contribution < 1.29 is 0 Å². The predicted molar refractivity (Wildman–Crippen MR) is 162 cm³/mol. The van der Waals surface area contributed by atoms with Gasteiger partial charge in [0, 0.05) is 59.8 Å². The van der Waals surface area contributed by atoms with Crippen LogP contribution < -0.4 is 20.9 Å². The first-order chi connectivity index (χ1) is 19.1. The molecule has 0 spiro atoms. The van der Waals surface area contributed by atoms with Crippen molar-refractivity contribution in [2.24, 2.45) is 0 Å². The summed E-state index contributed by atoms with van der Waals surface area (Å²) >= 11 is 6.14. The average molecular weight is 546 g/mol. The Labute approximate surface area is 235 Å². The number of hydrogen-bond donors (Lipinski definition) is 3. The minimum Gasteiger partial charge on any atom is -0.355 e. The second kappa shape index (κ2) is 12.9. The van der Waals surface area contributed by atoms with Gasteiger partial charge in [0.1, 0.15) is 0 Å². The molecule has 0 radical (unpaired) electrons. The van der Waals surface area contributed by atoms with Crippen molar-refractivity contribution >= 4 is 57.4 Å². The van der Waals surface area contributed by atoms with E-state index in [4.69, 9.17) is 21.6 Å². The molecule has 1 aliphatic heterocycles. The van der Waals surface area contributed by atoms with Gasteiger partial charge >= 0.3 is 0 Å². The summed E-state index contributed by atoms with van der Waals surface area (Å²) in [7, 11) is 0. The van der Waals surface area contributed by atoms with E-state index < -0.39 is 0 Å². The minimum absolute atomic E-state index is 0.536. The van der Waals surface area contributed by atoms with E-state index in [1.54, 1.807) is 6.20 Å². The lowest BCUT2D eigenvalue weighted by Crippen LogP contribution is -2.32. The molecule has 2 aromatic carbocycles. The minimum atomic E-state index is 0.536. The van der Waals surface area contributed by atoms with Gasteiger partial charge in [0.15, 0.2) is 0 Å². The fraction of sp³-hybridized carbons (Fsp3) is 0.379. The van der Waals surface area contributed by atoms with E-state index in [1.807, 2.05) is 48.5 Å². The standard InChI is InChI=1S/C29H36ClN9/c1-3-38(4-2)19-16-32-27-35-28(37-29(36-27)39-17-6-5-7-18-39)34-23-11-9-22(10-12-23)33-25-14-15-31-26-20-21(30)8-13-24(25)26/h8-15,20H,3-7,16-19H2,1-2H3,(H,31,33)(H2,32,34,35,36,37). The molecule has 1 aliphatic rings. The van der Waals surface area contributed by atoms with Crippen LogP contribution in [0.15, 0.2) is 54.7 Å². The first-order valence-corrected chi connectivity index (χ1v) is 14.1. The summed E-state index contributed by atoms with van der Waals surface area (Å²) in [6.45, 7) is 10.1. The van der Waals surface area contributed by atoms with Crippen LogP contribution in [0.5, 0.6) is 0 Å². The predicted octanol–water partition coefficient (Wildman–Crippen LogP) is 6.30. The molecule has 9 nitrogen and oxygen atoms in total. The SMILES string of the molecule is CCN(CC)CCNc1nc(Nc2ccc(Nc3ccnc4cc(Cl)ccc34)cc2)nc(N2CCCCC2)n1. The van der Waals surface area contributed by atoms with Crippen LogP contribution in [0.3, 0.4) is 0 Å². The van der Waals surface area contributed by atoms with Gasteiger partial charge in [0.2, 0.25) is 17.8 Å². The number of pyridine rings is 1. The van der Waals surface area contributed by atoms with Crippen LogP contribution in [0, 0.1) is 0 Å². The van der Waals surface area contributed by atoms with Gasteiger partial charge in [-0.25, -0.2) is 0 Å². The Hall–Kier alpha value is -3.69. The topological polar surface area (TPSA) is 94.1 Å². The Balaban J connectivity index is 1.31. The van der Waals surface area contributed by atoms with Gasteiger partial charge < -0.3 is 25.8 Å². The first-order valence-electron chi connectivity index (χ1n) is 13.8. The number of fused-ring (bicyclic) bond motifs is 1. The molecule has 2 aromatic heterocycles. The largest absolute Gasteiger partial charge is 0.355 e. The second-order valence-electron chi connectivity index (χ2n) is 9.63. The zero-order valence-corrected chi connectivity index (χ0v) is 23.4. The number of hydrogen-bond acceptors (Lipinski definition) is 9. The van der Waals surface area contributed by atoms with Crippen LogP contribution in [0.2, 0.25) is 5.02 Å². The highest BCUT2D eigenvalue weighted by molar-refractivity contribution is 6.31. The van der Waals surface area contributed by atoms with Crippen LogP contribution >= 0.6 is 11.6 Å². The molecule has 0 amide bonds. The van der Waals surface area contributed by atoms with Crippen molar-refractivity contribution in [2.75, 3.05) is 60.1 Å². The zero-order valence-electron chi connectivity index (χ0n) is 22.6. The molecule has 10 heteroatoms. The van der Waals surface area contributed by atoms with E-state index in [1.165, 1.54) is 6.42 Å². The van der Waals surface area contributed by atoms with E-state index in [0.717, 1.165) is 86.0 Å². The summed E-state index contributed by atoms with van der Waals surface area (Å²) in [6, 6.07) is 15.8. The molecule has 3 N–H and O–H groups in total. The smallest absolute Gasteiger partial charge is 0.233 e. The van der Waals surface area contributed by atoms with Crippen molar-refractivity contribution in [3.8, 4) is 0 Å². The highest BCUT2D eigenvalue weighted by Crippen LogP contribution is 2.28. The Kier molecular flexibility index (Phi) is 8.90. The van der Waals surface area contributed by atoms with Crippen molar-refractivity contribution in [1.82, 2.24) is 24.8 Å². The van der Waals surface area contributed by atoms with Gasteiger partial charge in [-0.1, -0.05) is 25.4 Å². The number of aromatic nitrogens is 4. The van der Waals surface area contributed by atoms with Gasteiger partial charge in [0.05, 0.1) is 5.52 Å². The highest BCUT2D eigenvalue weighted by Gasteiger charge is 2.17. The van der Waals surface area contributed by atoms with Crippen LogP contribution in [-0.2, 0) is 0 Å². The van der Waals surface area contributed by atoms with Crippen LogP contribution in [0.25, 0.3) is 10.9 Å². The molecule has 3 heterocycles. The Morgan fingerprint density at radius 2 is 1.56 bits per heavy atom. The van der Waals surface area contributed by atoms with Gasteiger partial charge in [-0.2, -0.15) is 15.0 Å². The van der Waals surface area contributed by atoms with Crippen molar-refractivity contribution in [3.05, 3.63) is 59.8 Å². The van der Waals surface area contributed by atoms with Crippen molar-refractivity contribution in [1.29, 1.82) is 0 Å². The molecular weight excluding hydrogens is 510 g/mol. The Bertz CT molecular complexity index is 1370. The fourth-order valence-electron chi connectivity index (χ4n) is 4.75. The van der Waals surface area contributed by atoms with Crippen LogP contribution in [0.1, 0.15) is 33.1 Å². The van der Waals surface area contributed by atoms with Gasteiger partial charge in [-0.05, 0) is 80.9 Å². The molecule has 0 bridgehead atoms. The van der Waals surface area contributed by atoms with E-state index in [2.05, 4.69) is 49.6 Å². The summed E-state index contributed by atoms with van der Waals surface area (Å²) in [5.74, 6) is 1.86. The van der Waals surface area contributed by atoms with Crippen molar-refractivity contribution in [3.63, 3.8) is 0 Å². The normalized spacial score (nSPS) is 13.6. The number of nitrogens with zero attached hydrogens (tertiary/aromatic N) is 6. The van der Waals surface area contributed by atoms with E-state index in [9.17, 15) is 0 Å². The van der Waals surface area contributed by atoms with E-state index in [0.29, 0.717) is 16.9 Å². The number of piperidine rings is 1. The third-order valence-electron chi connectivity index (χ3n) is 6.99. The number of nitrogens with one attached hydrogen (secondary N) is 3. The van der Waals surface area contributed by atoms with Crippen LogP contribution in [0.4, 0.5) is 34.9 Å². The van der Waals surface area contributed by atoms with Gasteiger partial charge in [-0.3, -0.25) is 4.98 Å². The number of likely N-dealkylation sites (N-methyl/N-ethyl adjacent to an activating group) is 1. The molecule has 0 unspecified atom stereocenters. The quantitative estimate of drug-likeness (QED) is 0.200. The lowest BCUT2D eigenvalue weighted by atomic mass is 10.1. The number of rotatable bonds is 11. The van der Waals surface area contributed by atoms with Gasteiger partial charge in [-0.15, -0.1) is 0 Å². The third-order valence-corrected chi connectivity index (χ3v) is 7.23. The van der Waals surface area contributed by atoms with E-state index >= 15 is 0 Å². The molecule has 1 fully saturated rings. The Morgan fingerprint density at radius 3 is 2.31 bits per heavy atom. The molecule has 0 aliphatic carbocycles. The maximum atomic E-state index is 6.14. The maximum Gasteiger partial charge on any atom is 0.233 e. The molecule has 39 heavy (non-hydrogen) atoms. The average Bonchev–Trinajstić information content (AvgIpc) is 2.97.